The van der Waals surface area contributed by atoms with Gasteiger partial charge in [-0.1, -0.05) is 22.0 Å². The van der Waals surface area contributed by atoms with Crippen molar-refractivity contribution >= 4 is 54.8 Å². The van der Waals surface area contributed by atoms with Crippen LogP contribution in [0.5, 0.6) is 0 Å². The summed E-state index contributed by atoms with van der Waals surface area (Å²) in [7, 11) is 0. The Hall–Kier alpha value is 0.1000. The molecule has 1 aromatic carbocycles. The van der Waals surface area contributed by atoms with Crippen LogP contribution in [0.2, 0.25) is 0 Å². The summed E-state index contributed by atoms with van der Waals surface area (Å²) in [5, 5.41) is -0.479. The van der Waals surface area contributed by atoms with Crippen LogP contribution in [0.4, 0.5) is 4.39 Å². The summed E-state index contributed by atoms with van der Waals surface area (Å²) in [4.78, 5) is 1.09. The molecule has 0 aliphatic carbocycles. The number of hydrogen-bond donors (Lipinski definition) is 0. The lowest BCUT2D eigenvalue weighted by molar-refractivity contribution is 0.611. The van der Waals surface area contributed by atoms with Crippen LogP contribution >= 0.6 is 54.8 Å². The van der Waals surface area contributed by atoms with Crippen molar-refractivity contribution in [3.05, 3.63) is 54.3 Å². The predicted molar refractivity (Wildman–Crippen MR) is 78.6 cm³/mol. The van der Waals surface area contributed by atoms with Crippen LogP contribution in [-0.4, -0.2) is 0 Å². The second-order valence-corrected chi connectivity index (χ2v) is 7.49. The molecule has 0 amide bonds. The van der Waals surface area contributed by atoms with Crippen LogP contribution in [0.1, 0.15) is 21.4 Å². The average Bonchev–Trinajstić information content (AvgIpc) is 2.57. The van der Waals surface area contributed by atoms with Gasteiger partial charge in [0.05, 0.1) is 9.16 Å². The van der Waals surface area contributed by atoms with Crippen LogP contribution < -0.4 is 0 Å². The van der Waals surface area contributed by atoms with E-state index in [2.05, 4.69) is 31.9 Å². The maximum absolute atomic E-state index is 13.8. The summed E-state index contributed by atoms with van der Waals surface area (Å²) in [6.45, 7) is 1.98. The van der Waals surface area contributed by atoms with Gasteiger partial charge < -0.3 is 0 Å². The molecule has 2 rings (SSSR count). The van der Waals surface area contributed by atoms with Gasteiger partial charge in [0.15, 0.2) is 0 Å². The zero-order valence-corrected chi connectivity index (χ0v) is 13.6. The van der Waals surface area contributed by atoms with E-state index in [1.165, 1.54) is 6.07 Å². The monoisotopic (exact) mass is 396 g/mol. The first-order valence-electron chi connectivity index (χ1n) is 4.84. The van der Waals surface area contributed by atoms with Crippen molar-refractivity contribution < 1.29 is 4.39 Å². The molecule has 1 atom stereocenters. The van der Waals surface area contributed by atoms with Gasteiger partial charge in [0.2, 0.25) is 0 Å². The fourth-order valence-corrected chi connectivity index (χ4v) is 4.58. The SMILES string of the molecule is Cc1sc(Br)cc1C(Cl)c1c(F)cccc1Br. The second kappa shape index (κ2) is 5.39. The Morgan fingerprint density at radius 1 is 1.35 bits per heavy atom. The third kappa shape index (κ3) is 2.75. The van der Waals surface area contributed by atoms with E-state index in [9.17, 15) is 4.39 Å². The zero-order chi connectivity index (χ0) is 12.6. The Bertz CT molecular complexity index is 533. The van der Waals surface area contributed by atoms with Crippen molar-refractivity contribution in [2.75, 3.05) is 0 Å². The zero-order valence-electron chi connectivity index (χ0n) is 8.81. The molecule has 0 fully saturated rings. The maximum Gasteiger partial charge on any atom is 0.129 e. The summed E-state index contributed by atoms with van der Waals surface area (Å²) < 4.78 is 15.5. The number of halogens is 4. The molecule has 90 valence electrons. The topological polar surface area (TPSA) is 0 Å². The Morgan fingerprint density at radius 3 is 2.59 bits per heavy atom. The summed E-state index contributed by atoms with van der Waals surface area (Å²) in [5.41, 5.74) is 1.43. The fraction of sp³-hybridized carbons (Fsp3) is 0.167. The molecule has 0 radical (unpaired) electrons. The first-order chi connectivity index (χ1) is 8.00. The maximum atomic E-state index is 13.8. The quantitative estimate of drug-likeness (QED) is 0.540. The van der Waals surface area contributed by atoms with Crippen molar-refractivity contribution in [3.63, 3.8) is 0 Å². The molecule has 0 spiro atoms. The first-order valence-corrected chi connectivity index (χ1v) is 7.68. The molecule has 0 saturated carbocycles. The molecule has 1 aromatic heterocycles. The normalized spacial score (nSPS) is 12.8. The summed E-state index contributed by atoms with van der Waals surface area (Å²) >= 11 is 14.7. The highest BCUT2D eigenvalue weighted by molar-refractivity contribution is 9.11. The molecule has 0 saturated heterocycles. The second-order valence-electron chi connectivity index (χ2n) is 3.56. The van der Waals surface area contributed by atoms with Crippen LogP contribution in [0.15, 0.2) is 32.5 Å². The van der Waals surface area contributed by atoms with Gasteiger partial charge in [-0.25, -0.2) is 4.39 Å². The fourth-order valence-electron chi connectivity index (χ4n) is 1.62. The summed E-state index contributed by atoms with van der Waals surface area (Å²) in [6.07, 6.45) is 0. The Labute approximate surface area is 125 Å². The Morgan fingerprint density at radius 2 is 2.06 bits per heavy atom. The van der Waals surface area contributed by atoms with Crippen LogP contribution in [-0.2, 0) is 0 Å². The van der Waals surface area contributed by atoms with Crippen LogP contribution in [0, 0.1) is 12.7 Å². The van der Waals surface area contributed by atoms with Crippen LogP contribution in [0.25, 0.3) is 0 Å². The standard InChI is InChI=1S/C12H8Br2ClFS/c1-6-7(5-10(14)17-6)12(15)11-8(13)3-2-4-9(11)16/h2-5,12H,1H3. The Kier molecular flexibility index (Phi) is 4.29. The predicted octanol–water partition coefficient (Wildman–Crippen LogP) is 6.05. The smallest absolute Gasteiger partial charge is 0.129 e. The number of hydrogen-bond acceptors (Lipinski definition) is 1. The molecule has 5 heteroatoms. The van der Waals surface area contributed by atoms with E-state index in [-0.39, 0.29) is 5.82 Å². The highest BCUT2D eigenvalue weighted by atomic mass is 79.9. The molecule has 0 nitrogen and oxygen atoms in total. The van der Waals surface area contributed by atoms with Crippen LogP contribution in [0.3, 0.4) is 0 Å². The lowest BCUT2D eigenvalue weighted by Crippen LogP contribution is -1.98. The van der Waals surface area contributed by atoms with Gasteiger partial charge in [-0.2, -0.15) is 0 Å². The molecule has 1 heterocycles. The minimum absolute atomic E-state index is 0.291. The number of benzene rings is 1. The van der Waals surface area contributed by atoms with Gasteiger partial charge in [0, 0.05) is 14.9 Å². The van der Waals surface area contributed by atoms with E-state index in [4.69, 9.17) is 11.6 Å². The van der Waals surface area contributed by atoms with E-state index < -0.39 is 5.38 Å². The number of thiophene rings is 1. The van der Waals surface area contributed by atoms with Crippen molar-refractivity contribution in [3.8, 4) is 0 Å². The summed E-state index contributed by atoms with van der Waals surface area (Å²) in [5.74, 6) is -0.291. The highest BCUT2D eigenvalue weighted by Crippen LogP contribution is 2.40. The van der Waals surface area contributed by atoms with Crippen molar-refractivity contribution in [2.45, 2.75) is 12.3 Å². The largest absolute Gasteiger partial charge is 0.207 e. The van der Waals surface area contributed by atoms with E-state index in [0.29, 0.717) is 10.0 Å². The molecule has 0 N–H and O–H groups in total. The van der Waals surface area contributed by atoms with Crippen molar-refractivity contribution in [1.82, 2.24) is 0 Å². The molecule has 1 unspecified atom stereocenters. The minimum atomic E-state index is -0.479. The third-order valence-electron chi connectivity index (χ3n) is 2.45. The van der Waals surface area contributed by atoms with Crippen molar-refractivity contribution in [2.24, 2.45) is 0 Å². The van der Waals surface area contributed by atoms with Crippen molar-refractivity contribution in [1.29, 1.82) is 0 Å². The van der Waals surface area contributed by atoms with Gasteiger partial charge in [-0.05, 0) is 46.6 Å². The minimum Gasteiger partial charge on any atom is -0.207 e. The molecule has 0 aliphatic heterocycles. The molecule has 2 aromatic rings. The van der Waals surface area contributed by atoms with E-state index in [1.54, 1.807) is 23.5 Å². The first kappa shape index (κ1) is 13.5. The van der Waals surface area contributed by atoms with E-state index >= 15 is 0 Å². The lowest BCUT2D eigenvalue weighted by Gasteiger charge is -2.12. The van der Waals surface area contributed by atoms with Gasteiger partial charge >= 0.3 is 0 Å². The van der Waals surface area contributed by atoms with Gasteiger partial charge in [0.25, 0.3) is 0 Å². The summed E-state index contributed by atoms with van der Waals surface area (Å²) in [6, 6.07) is 6.82. The molecular weight excluding hydrogens is 390 g/mol. The number of aryl methyl sites for hydroxylation is 1. The van der Waals surface area contributed by atoms with Gasteiger partial charge in [0.1, 0.15) is 5.82 Å². The van der Waals surface area contributed by atoms with Gasteiger partial charge in [-0.3, -0.25) is 0 Å². The number of rotatable bonds is 2. The van der Waals surface area contributed by atoms with E-state index in [0.717, 1.165) is 14.2 Å². The number of alkyl halides is 1. The highest BCUT2D eigenvalue weighted by Gasteiger charge is 2.21. The average molecular weight is 399 g/mol. The Balaban J connectivity index is 2.51. The molecule has 17 heavy (non-hydrogen) atoms. The molecule has 0 aliphatic rings. The molecular formula is C12H8Br2ClFS. The molecule has 0 bridgehead atoms. The van der Waals surface area contributed by atoms with E-state index in [1.807, 2.05) is 13.0 Å². The lowest BCUT2D eigenvalue weighted by atomic mass is 10.0. The van der Waals surface area contributed by atoms with Gasteiger partial charge in [-0.15, -0.1) is 22.9 Å². The third-order valence-corrected chi connectivity index (χ3v) is 5.17.